The molecule has 0 saturated heterocycles. The third-order valence-electron chi connectivity index (χ3n) is 5.14. The van der Waals surface area contributed by atoms with E-state index in [4.69, 9.17) is 0 Å². The Balaban J connectivity index is 2.00. The van der Waals surface area contributed by atoms with Gasteiger partial charge >= 0.3 is 6.03 Å². The van der Waals surface area contributed by atoms with Crippen molar-refractivity contribution in [2.45, 2.75) is 51.1 Å². The standard InChI is InChI=1S/C25H33N5O5S3/c1-16(2)27-24(31)28-18-10-8-17(9-11-18)23-26-15-21(36-23)20-13-12-19(30(6)37(7,32)33)14-22(20)38(34,35)29-25(3,4)5/h8-16,29H,1-7H3,(H2,27,28,31). The maximum absolute atomic E-state index is 13.4. The molecule has 3 aromatic rings. The van der Waals surface area contributed by atoms with Crippen LogP contribution in [0.15, 0.2) is 53.6 Å². The molecule has 3 rings (SSSR count). The third-order valence-corrected chi connectivity index (χ3v) is 9.22. The number of thiazole rings is 1. The molecule has 0 fully saturated rings. The van der Waals surface area contributed by atoms with Crippen molar-refractivity contribution in [1.82, 2.24) is 15.0 Å². The van der Waals surface area contributed by atoms with Crippen LogP contribution in [0.2, 0.25) is 0 Å². The number of amides is 2. The number of rotatable bonds is 8. The first kappa shape index (κ1) is 29.6. The molecule has 0 saturated carbocycles. The van der Waals surface area contributed by atoms with Crippen LogP contribution in [0.1, 0.15) is 34.6 Å². The molecule has 1 aromatic heterocycles. The van der Waals surface area contributed by atoms with Crippen molar-refractivity contribution < 1.29 is 21.6 Å². The first-order valence-corrected chi connectivity index (χ1v) is 15.9. The molecule has 0 aliphatic heterocycles. The number of aromatic nitrogens is 1. The molecule has 0 atom stereocenters. The lowest BCUT2D eigenvalue weighted by Gasteiger charge is -2.23. The number of carbonyl (C=O) groups is 1. The summed E-state index contributed by atoms with van der Waals surface area (Å²) in [5, 5.41) is 6.18. The van der Waals surface area contributed by atoms with Gasteiger partial charge in [-0.15, -0.1) is 11.3 Å². The molecule has 0 radical (unpaired) electrons. The van der Waals surface area contributed by atoms with Crippen LogP contribution in [0.5, 0.6) is 0 Å². The Labute approximate surface area is 228 Å². The van der Waals surface area contributed by atoms with Crippen LogP contribution in [-0.4, -0.2) is 52.7 Å². The number of sulfonamides is 2. The predicted molar refractivity (Wildman–Crippen MR) is 154 cm³/mol. The molecule has 3 N–H and O–H groups in total. The van der Waals surface area contributed by atoms with Gasteiger partial charge in [0.2, 0.25) is 20.0 Å². The summed E-state index contributed by atoms with van der Waals surface area (Å²) < 4.78 is 54.7. The second-order valence-electron chi connectivity index (χ2n) is 10.1. The monoisotopic (exact) mass is 579 g/mol. The molecule has 0 aliphatic carbocycles. The fourth-order valence-electron chi connectivity index (χ4n) is 3.44. The number of urea groups is 1. The molecular formula is C25H33N5O5S3. The highest BCUT2D eigenvalue weighted by molar-refractivity contribution is 7.92. The van der Waals surface area contributed by atoms with Crippen molar-refractivity contribution in [2.75, 3.05) is 22.9 Å². The van der Waals surface area contributed by atoms with E-state index in [-0.39, 0.29) is 22.7 Å². The van der Waals surface area contributed by atoms with E-state index in [1.54, 1.807) is 51.2 Å². The normalized spacial score (nSPS) is 12.4. The smallest absolute Gasteiger partial charge is 0.319 e. The van der Waals surface area contributed by atoms with E-state index in [1.165, 1.54) is 24.5 Å². The second kappa shape index (κ2) is 11.0. The minimum Gasteiger partial charge on any atom is -0.336 e. The van der Waals surface area contributed by atoms with Gasteiger partial charge in [-0.05, 0) is 71.0 Å². The van der Waals surface area contributed by atoms with Crippen molar-refractivity contribution in [3.05, 3.63) is 48.7 Å². The predicted octanol–water partition coefficient (Wildman–Crippen LogP) is 4.48. The lowest BCUT2D eigenvalue weighted by atomic mass is 10.1. The van der Waals surface area contributed by atoms with Crippen molar-refractivity contribution in [2.24, 2.45) is 0 Å². The van der Waals surface area contributed by atoms with Crippen molar-refractivity contribution in [3.8, 4) is 21.0 Å². The molecule has 0 spiro atoms. The molecule has 38 heavy (non-hydrogen) atoms. The summed E-state index contributed by atoms with van der Waals surface area (Å²) in [4.78, 5) is 17.0. The molecule has 0 unspecified atom stereocenters. The van der Waals surface area contributed by atoms with Gasteiger partial charge in [0, 0.05) is 41.6 Å². The number of nitrogens with one attached hydrogen (secondary N) is 3. The molecular weight excluding hydrogens is 547 g/mol. The summed E-state index contributed by atoms with van der Waals surface area (Å²) in [5.74, 6) is 0. The molecule has 2 aromatic carbocycles. The zero-order valence-electron chi connectivity index (χ0n) is 22.4. The summed E-state index contributed by atoms with van der Waals surface area (Å²) in [7, 11) is -6.25. The molecule has 10 nitrogen and oxygen atoms in total. The zero-order valence-corrected chi connectivity index (χ0v) is 24.8. The number of anilines is 2. The van der Waals surface area contributed by atoms with Gasteiger partial charge in [-0.2, -0.15) is 0 Å². The largest absolute Gasteiger partial charge is 0.336 e. The van der Waals surface area contributed by atoms with Gasteiger partial charge in [0.25, 0.3) is 0 Å². The van der Waals surface area contributed by atoms with Gasteiger partial charge in [-0.25, -0.2) is 31.3 Å². The van der Waals surface area contributed by atoms with Crippen molar-refractivity contribution >= 4 is 48.8 Å². The third kappa shape index (κ3) is 7.53. The minimum absolute atomic E-state index is 0.0103. The van der Waals surface area contributed by atoms with E-state index in [1.807, 2.05) is 26.0 Å². The summed E-state index contributed by atoms with van der Waals surface area (Å²) in [6.45, 7) is 8.93. The summed E-state index contributed by atoms with van der Waals surface area (Å²) in [6.07, 6.45) is 2.64. The highest BCUT2D eigenvalue weighted by Crippen LogP contribution is 2.38. The van der Waals surface area contributed by atoms with E-state index in [0.29, 0.717) is 21.1 Å². The minimum atomic E-state index is -4.02. The lowest BCUT2D eigenvalue weighted by Crippen LogP contribution is -2.40. The van der Waals surface area contributed by atoms with E-state index in [9.17, 15) is 21.6 Å². The maximum atomic E-state index is 13.4. The van der Waals surface area contributed by atoms with Gasteiger partial charge in [0.05, 0.1) is 21.7 Å². The zero-order chi connectivity index (χ0) is 28.5. The Morgan fingerprint density at radius 2 is 1.66 bits per heavy atom. The molecule has 0 bridgehead atoms. The van der Waals surface area contributed by atoms with Crippen molar-refractivity contribution in [1.29, 1.82) is 0 Å². The molecule has 13 heteroatoms. The maximum Gasteiger partial charge on any atom is 0.319 e. The number of benzene rings is 2. The van der Waals surface area contributed by atoms with Crippen LogP contribution >= 0.6 is 11.3 Å². The highest BCUT2D eigenvalue weighted by atomic mass is 32.2. The van der Waals surface area contributed by atoms with Crippen LogP contribution in [0.4, 0.5) is 16.2 Å². The Morgan fingerprint density at radius 1 is 1.03 bits per heavy atom. The molecule has 1 heterocycles. The van der Waals surface area contributed by atoms with Crippen LogP contribution in [0.3, 0.4) is 0 Å². The summed E-state index contributed by atoms with van der Waals surface area (Å²) >= 11 is 1.30. The SMILES string of the molecule is CC(C)NC(=O)Nc1ccc(-c2ncc(-c3ccc(N(C)S(C)(=O)=O)cc3S(=O)(=O)NC(C)(C)C)s2)cc1. The summed E-state index contributed by atoms with van der Waals surface area (Å²) in [5.41, 5.74) is 1.28. The first-order valence-electron chi connectivity index (χ1n) is 11.7. The Bertz CT molecular complexity index is 1520. The summed E-state index contributed by atoms with van der Waals surface area (Å²) in [6, 6.07) is 11.4. The van der Waals surface area contributed by atoms with Gasteiger partial charge in [-0.3, -0.25) is 4.31 Å². The quantitative estimate of drug-likeness (QED) is 0.360. The van der Waals surface area contributed by atoms with Gasteiger partial charge in [0.1, 0.15) is 5.01 Å². The number of hydrogen-bond acceptors (Lipinski definition) is 7. The average molecular weight is 580 g/mol. The fraction of sp³-hybridized carbons (Fsp3) is 0.360. The number of hydrogen-bond donors (Lipinski definition) is 3. The van der Waals surface area contributed by atoms with E-state index in [2.05, 4.69) is 20.3 Å². The van der Waals surface area contributed by atoms with E-state index < -0.39 is 25.6 Å². The van der Waals surface area contributed by atoms with Crippen molar-refractivity contribution in [3.63, 3.8) is 0 Å². The van der Waals surface area contributed by atoms with Crippen LogP contribution in [0, 0.1) is 0 Å². The lowest BCUT2D eigenvalue weighted by molar-refractivity contribution is 0.250. The molecule has 0 aliphatic rings. The number of nitrogens with zero attached hydrogens (tertiary/aromatic N) is 2. The average Bonchev–Trinajstić information content (AvgIpc) is 3.26. The first-order chi connectivity index (χ1) is 17.5. The highest BCUT2D eigenvalue weighted by Gasteiger charge is 2.27. The Morgan fingerprint density at radius 3 is 2.21 bits per heavy atom. The van der Waals surface area contributed by atoms with Crippen LogP contribution in [0.25, 0.3) is 21.0 Å². The van der Waals surface area contributed by atoms with Gasteiger partial charge in [-0.1, -0.05) is 6.07 Å². The van der Waals surface area contributed by atoms with E-state index >= 15 is 0 Å². The Hall–Kier alpha value is -3.00. The second-order valence-corrected chi connectivity index (χ2v) is 14.8. The van der Waals surface area contributed by atoms with Crippen LogP contribution in [-0.2, 0) is 20.0 Å². The number of carbonyl (C=O) groups excluding carboxylic acids is 1. The van der Waals surface area contributed by atoms with Gasteiger partial charge in [0.15, 0.2) is 0 Å². The molecule has 2 amide bonds. The molecule has 206 valence electrons. The topological polar surface area (TPSA) is 138 Å². The van der Waals surface area contributed by atoms with Crippen LogP contribution < -0.4 is 19.7 Å². The van der Waals surface area contributed by atoms with Gasteiger partial charge < -0.3 is 10.6 Å². The fourth-order valence-corrected chi connectivity index (χ4v) is 6.62. The Kier molecular flexibility index (Phi) is 8.56. The van der Waals surface area contributed by atoms with E-state index in [0.717, 1.165) is 16.1 Å².